The second-order valence-corrected chi connectivity index (χ2v) is 7.72. The lowest BCUT2D eigenvalue weighted by atomic mass is 10.1. The highest BCUT2D eigenvalue weighted by Crippen LogP contribution is 2.22. The summed E-state index contributed by atoms with van der Waals surface area (Å²) >= 11 is 0. The zero-order chi connectivity index (χ0) is 18.4. The summed E-state index contributed by atoms with van der Waals surface area (Å²) < 4.78 is 2.00. The third-order valence-electron chi connectivity index (χ3n) is 6.05. The minimum absolute atomic E-state index is 0. The lowest BCUT2D eigenvalue weighted by molar-refractivity contribution is -0.131. The number of nitrogens with one attached hydrogen (secondary N) is 1. The number of hydrogen-bond acceptors (Lipinski definition) is 3. The number of fused-ring (bicyclic) bond motifs is 4. The van der Waals surface area contributed by atoms with Gasteiger partial charge in [0.1, 0.15) is 6.54 Å². The first-order valence-electron chi connectivity index (χ1n) is 9.75. The number of benzene rings is 2. The standard InChI is InChI=1S/C22H23N3O2.ClH/c26-21(24-12-11-15-9-10-16(13-24)23-15)14-25-19-7-3-1-5-17(19)22(27)18-6-2-4-8-20(18)25;/h1-8,15-16,23H,9-14H2;1H. The molecule has 2 fully saturated rings. The number of carbonyl (C=O) groups is 1. The van der Waals surface area contributed by atoms with Crippen LogP contribution < -0.4 is 10.7 Å². The average molecular weight is 398 g/mol. The van der Waals surface area contributed by atoms with E-state index in [1.54, 1.807) is 0 Å². The van der Waals surface area contributed by atoms with E-state index in [4.69, 9.17) is 0 Å². The van der Waals surface area contributed by atoms with E-state index in [0.29, 0.717) is 22.9 Å². The molecule has 2 aromatic carbocycles. The monoisotopic (exact) mass is 397 g/mol. The van der Waals surface area contributed by atoms with Gasteiger partial charge in [-0.15, -0.1) is 12.4 Å². The van der Waals surface area contributed by atoms with E-state index < -0.39 is 0 Å². The Morgan fingerprint density at radius 3 is 2.21 bits per heavy atom. The van der Waals surface area contributed by atoms with E-state index >= 15 is 0 Å². The molecule has 0 spiro atoms. The highest BCUT2D eigenvalue weighted by Gasteiger charge is 2.31. The molecule has 0 radical (unpaired) electrons. The van der Waals surface area contributed by atoms with Gasteiger partial charge in [0.15, 0.2) is 5.43 Å². The molecule has 28 heavy (non-hydrogen) atoms. The molecule has 0 aliphatic carbocycles. The molecule has 1 aromatic heterocycles. The first-order chi connectivity index (χ1) is 13.2. The van der Waals surface area contributed by atoms with E-state index in [-0.39, 0.29) is 30.3 Å². The number of pyridine rings is 1. The Morgan fingerprint density at radius 1 is 0.929 bits per heavy atom. The maximum Gasteiger partial charge on any atom is 0.242 e. The van der Waals surface area contributed by atoms with Crippen molar-refractivity contribution in [3.8, 4) is 0 Å². The summed E-state index contributed by atoms with van der Waals surface area (Å²) in [5.74, 6) is 0.128. The fourth-order valence-corrected chi connectivity index (χ4v) is 4.65. The summed E-state index contributed by atoms with van der Waals surface area (Å²) in [5, 5.41) is 4.96. The van der Waals surface area contributed by atoms with Crippen molar-refractivity contribution in [1.29, 1.82) is 0 Å². The lowest BCUT2D eigenvalue weighted by Gasteiger charge is -2.25. The van der Waals surface area contributed by atoms with Crippen LogP contribution in [0.25, 0.3) is 21.8 Å². The Balaban J connectivity index is 0.00000192. The van der Waals surface area contributed by atoms with Crippen LogP contribution in [0.2, 0.25) is 0 Å². The predicted octanol–water partition coefficient (Wildman–Crippen LogP) is 2.93. The number of carbonyl (C=O) groups excluding carboxylic acids is 1. The molecule has 2 aliphatic rings. The molecule has 2 aliphatic heterocycles. The van der Waals surface area contributed by atoms with Crippen LogP contribution in [-0.4, -0.2) is 40.5 Å². The molecule has 146 valence electrons. The summed E-state index contributed by atoms with van der Waals surface area (Å²) in [6.45, 7) is 1.85. The second-order valence-electron chi connectivity index (χ2n) is 7.72. The highest BCUT2D eigenvalue weighted by molar-refractivity contribution is 5.94. The second kappa shape index (κ2) is 7.57. The largest absolute Gasteiger partial charge is 0.340 e. The smallest absolute Gasteiger partial charge is 0.242 e. The van der Waals surface area contributed by atoms with Gasteiger partial charge < -0.3 is 14.8 Å². The van der Waals surface area contributed by atoms with Gasteiger partial charge in [-0.25, -0.2) is 0 Å². The Labute approximate surface area is 169 Å². The number of nitrogens with zero attached hydrogens (tertiary/aromatic N) is 2. The van der Waals surface area contributed by atoms with Crippen LogP contribution in [0.1, 0.15) is 19.3 Å². The summed E-state index contributed by atoms with van der Waals surface area (Å²) in [4.78, 5) is 28.0. The fourth-order valence-electron chi connectivity index (χ4n) is 4.65. The molecule has 2 bridgehead atoms. The van der Waals surface area contributed by atoms with Gasteiger partial charge in [0.05, 0.1) is 11.0 Å². The van der Waals surface area contributed by atoms with Crippen LogP contribution in [0.15, 0.2) is 53.3 Å². The van der Waals surface area contributed by atoms with E-state index in [1.807, 2.05) is 58.0 Å². The normalized spacial score (nSPS) is 21.5. The third-order valence-corrected chi connectivity index (χ3v) is 6.05. The number of likely N-dealkylation sites (tertiary alicyclic amines) is 1. The van der Waals surface area contributed by atoms with Crippen molar-refractivity contribution in [1.82, 2.24) is 14.8 Å². The molecule has 2 unspecified atom stereocenters. The van der Waals surface area contributed by atoms with Gasteiger partial charge in [0.25, 0.3) is 0 Å². The molecular weight excluding hydrogens is 374 g/mol. The Hall–Kier alpha value is -2.37. The van der Waals surface area contributed by atoms with Crippen LogP contribution in [0.5, 0.6) is 0 Å². The number of halogens is 1. The van der Waals surface area contributed by atoms with Gasteiger partial charge in [0, 0.05) is 35.9 Å². The van der Waals surface area contributed by atoms with Crippen LogP contribution in [0, 0.1) is 0 Å². The van der Waals surface area contributed by atoms with Gasteiger partial charge in [-0.1, -0.05) is 24.3 Å². The minimum atomic E-state index is 0. The average Bonchev–Trinajstić information content (AvgIpc) is 3.03. The van der Waals surface area contributed by atoms with E-state index in [0.717, 1.165) is 37.0 Å². The molecule has 6 heteroatoms. The van der Waals surface area contributed by atoms with Crippen molar-refractivity contribution < 1.29 is 4.79 Å². The Kier molecular flexibility index (Phi) is 5.13. The van der Waals surface area contributed by atoms with E-state index in [2.05, 4.69) is 5.32 Å². The molecule has 5 rings (SSSR count). The van der Waals surface area contributed by atoms with Crippen molar-refractivity contribution in [2.75, 3.05) is 13.1 Å². The first-order valence-corrected chi connectivity index (χ1v) is 9.75. The molecule has 0 saturated carbocycles. The first kappa shape index (κ1) is 19.0. The topological polar surface area (TPSA) is 54.3 Å². The van der Waals surface area contributed by atoms with Crippen molar-refractivity contribution >= 4 is 40.1 Å². The van der Waals surface area contributed by atoms with E-state index in [9.17, 15) is 9.59 Å². The Morgan fingerprint density at radius 2 is 1.54 bits per heavy atom. The number of aromatic nitrogens is 1. The molecule has 3 aromatic rings. The van der Waals surface area contributed by atoms with Gasteiger partial charge >= 0.3 is 0 Å². The number of rotatable bonds is 2. The third kappa shape index (κ3) is 3.19. The Bertz CT molecular complexity index is 1030. The summed E-state index contributed by atoms with van der Waals surface area (Å²) in [5.41, 5.74) is 1.68. The zero-order valence-electron chi connectivity index (χ0n) is 15.6. The summed E-state index contributed by atoms with van der Waals surface area (Å²) in [6.07, 6.45) is 3.40. The van der Waals surface area contributed by atoms with Crippen LogP contribution in [0.3, 0.4) is 0 Å². The molecular formula is C22H24ClN3O2. The predicted molar refractivity (Wildman–Crippen MR) is 114 cm³/mol. The van der Waals surface area contributed by atoms with Crippen LogP contribution in [0.4, 0.5) is 0 Å². The quantitative estimate of drug-likeness (QED) is 0.676. The van der Waals surface area contributed by atoms with Gasteiger partial charge in [-0.2, -0.15) is 0 Å². The summed E-state index contributed by atoms with van der Waals surface area (Å²) in [6, 6.07) is 16.1. The molecule has 5 nitrogen and oxygen atoms in total. The van der Waals surface area contributed by atoms with Crippen molar-refractivity contribution in [2.45, 2.75) is 37.9 Å². The van der Waals surface area contributed by atoms with Crippen LogP contribution in [-0.2, 0) is 11.3 Å². The van der Waals surface area contributed by atoms with Gasteiger partial charge in [0.2, 0.25) is 5.91 Å². The number of hydrogen-bond donors (Lipinski definition) is 1. The van der Waals surface area contributed by atoms with Gasteiger partial charge in [-0.3, -0.25) is 9.59 Å². The van der Waals surface area contributed by atoms with Crippen LogP contribution >= 0.6 is 12.4 Å². The summed E-state index contributed by atoms with van der Waals surface area (Å²) in [7, 11) is 0. The van der Waals surface area contributed by atoms with Crippen molar-refractivity contribution in [3.63, 3.8) is 0 Å². The van der Waals surface area contributed by atoms with Gasteiger partial charge in [-0.05, 0) is 43.5 Å². The number of para-hydroxylation sites is 2. The minimum Gasteiger partial charge on any atom is -0.340 e. The maximum atomic E-state index is 13.2. The molecule has 1 amide bonds. The molecule has 3 heterocycles. The lowest BCUT2D eigenvalue weighted by Crippen LogP contribution is -2.40. The molecule has 2 saturated heterocycles. The SMILES string of the molecule is Cl.O=C(Cn1c2ccccc2c(=O)c2ccccc21)N1CCC2CCC(C1)N2. The molecule has 1 N–H and O–H groups in total. The zero-order valence-corrected chi connectivity index (χ0v) is 16.5. The number of amides is 1. The van der Waals surface area contributed by atoms with Crippen molar-refractivity contribution in [3.05, 3.63) is 58.8 Å². The highest BCUT2D eigenvalue weighted by atomic mass is 35.5. The van der Waals surface area contributed by atoms with Crippen molar-refractivity contribution in [2.24, 2.45) is 0 Å². The molecule has 2 atom stereocenters. The fraction of sp³-hybridized carbons (Fsp3) is 0.364. The van der Waals surface area contributed by atoms with E-state index in [1.165, 1.54) is 6.42 Å². The maximum absolute atomic E-state index is 13.2.